The lowest BCUT2D eigenvalue weighted by Gasteiger charge is -2.59. The van der Waals surface area contributed by atoms with Crippen LogP contribution in [-0.4, -0.2) is 82.9 Å². The summed E-state index contributed by atoms with van der Waals surface area (Å²) in [6.45, 7) is 7.54. The highest BCUT2D eigenvalue weighted by Crippen LogP contribution is 2.54. The van der Waals surface area contributed by atoms with Crippen LogP contribution in [0, 0.1) is 16.7 Å². The van der Waals surface area contributed by atoms with Crippen LogP contribution in [0.3, 0.4) is 0 Å². The molecule has 1 N–H and O–H groups in total. The number of anilines is 2. The average Bonchev–Trinajstić information content (AvgIpc) is 3.60. The highest BCUT2D eigenvalue weighted by molar-refractivity contribution is 5.67. The second kappa shape index (κ2) is 12.5. The molecule has 4 heterocycles. The van der Waals surface area contributed by atoms with Gasteiger partial charge in [-0.3, -0.25) is 4.68 Å². The maximum atomic E-state index is 12.6. The summed E-state index contributed by atoms with van der Waals surface area (Å²) in [4.78, 5) is 10.9. The quantitative estimate of drug-likeness (QED) is 0.229. The van der Waals surface area contributed by atoms with Gasteiger partial charge in [0, 0.05) is 37.6 Å². The van der Waals surface area contributed by atoms with E-state index in [1.165, 1.54) is 6.33 Å². The Morgan fingerprint density at radius 2 is 1.87 bits per heavy atom. The van der Waals surface area contributed by atoms with Crippen LogP contribution in [0.4, 0.5) is 24.8 Å². The summed E-state index contributed by atoms with van der Waals surface area (Å²) in [5, 5.41) is 28.6. The zero-order valence-electron chi connectivity index (χ0n) is 25.6. The Balaban J connectivity index is 1.10. The second-order valence-corrected chi connectivity index (χ2v) is 12.3. The van der Waals surface area contributed by atoms with E-state index in [9.17, 15) is 18.4 Å². The lowest BCUT2D eigenvalue weighted by Crippen LogP contribution is -2.62. The summed E-state index contributed by atoms with van der Waals surface area (Å²) in [6.07, 6.45) is 3.12. The first-order valence-electron chi connectivity index (χ1n) is 15.0. The number of tetrazole rings is 1. The number of nitrogens with zero attached hydrogens (tertiary/aromatic N) is 10. The van der Waals surface area contributed by atoms with Crippen LogP contribution >= 0.6 is 0 Å². The van der Waals surface area contributed by atoms with Crippen molar-refractivity contribution in [2.75, 3.05) is 25.0 Å². The maximum absolute atomic E-state index is 12.6. The number of nitriles is 1. The molecule has 46 heavy (non-hydrogen) atoms. The van der Waals surface area contributed by atoms with Crippen molar-refractivity contribution in [1.82, 2.24) is 44.9 Å². The molecule has 3 aromatic heterocycles. The van der Waals surface area contributed by atoms with Gasteiger partial charge in [0.15, 0.2) is 0 Å². The van der Waals surface area contributed by atoms with Crippen LogP contribution in [0.2, 0.25) is 0 Å². The number of nitrogens with one attached hydrogen (secondary N) is 1. The lowest BCUT2D eigenvalue weighted by atomic mass is 9.60. The van der Waals surface area contributed by atoms with Crippen molar-refractivity contribution < 1.29 is 22.6 Å². The molecule has 0 amide bonds. The van der Waals surface area contributed by atoms with Crippen molar-refractivity contribution in [3.05, 3.63) is 48.7 Å². The van der Waals surface area contributed by atoms with Gasteiger partial charge in [-0.15, -0.1) is 10.2 Å². The van der Waals surface area contributed by atoms with Crippen molar-refractivity contribution in [3.63, 3.8) is 0 Å². The Morgan fingerprint density at radius 1 is 1.11 bits per heavy atom. The molecule has 13 nitrogen and oxygen atoms in total. The van der Waals surface area contributed by atoms with Gasteiger partial charge in [0.2, 0.25) is 5.95 Å². The maximum Gasteiger partial charge on any atom is 0.390 e. The van der Waals surface area contributed by atoms with Crippen LogP contribution in [0.25, 0.3) is 11.1 Å². The summed E-state index contributed by atoms with van der Waals surface area (Å²) < 4.78 is 53.2. The summed E-state index contributed by atoms with van der Waals surface area (Å²) in [6, 6.07) is 7.59. The summed E-state index contributed by atoms with van der Waals surface area (Å²) in [5.74, 6) is 1.20. The largest absolute Gasteiger partial charge is 0.487 e. The van der Waals surface area contributed by atoms with E-state index in [1.54, 1.807) is 29.2 Å². The van der Waals surface area contributed by atoms with Gasteiger partial charge in [-0.25, -0.2) is 14.6 Å². The fraction of sp³-hybridized carbons (Fsp3) is 0.500. The third kappa shape index (κ3) is 7.20. The first-order chi connectivity index (χ1) is 22.0. The van der Waals surface area contributed by atoms with Gasteiger partial charge in [-0.05, 0) is 67.2 Å². The van der Waals surface area contributed by atoms with E-state index in [0.717, 1.165) is 24.0 Å². The fourth-order valence-electron chi connectivity index (χ4n) is 6.02. The smallest absolute Gasteiger partial charge is 0.390 e. The van der Waals surface area contributed by atoms with E-state index < -0.39 is 12.6 Å². The molecular weight excluding hydrogens is 603 g/mol. The Kier molecular flexibility index (Phi) is 8.51. The van der Waals surface area contributed by atoms with Crippen molar-refractivity contribution in [2.45, 2.75) is 71.0 Å². The molecule has 1 saturated heterocycles. The fourth-order valence-corrected chi connectivity index (χ4v) is 6.02. The summed E-state index contributed by atoms with van der Waals surface area (Å²) in [7, 11) is 0. The van der Waals surface area contributed by atoms with Gasteiger partial charge in [0.1, 0.15) is 29.9 Å². The molecule has 2 aliphatic rings. The minimum atomic E-state index is -4.13. The topological polar surface area (TPSA) is 145 Å². The normalized spacial score (nSPS) is 16.9. The number of rotatable bonds is 12. The SMILES string of the molecule is CC(C)Oc1nn(C2CC3(C2)CN(CCC(F)(F)F)C3)cc1Nc1ncc(-c2ccc(C#N)c(O[C@@H](C)Cn3cnnn3)c2)cn1. The molecule has 1 aromatic carbocycles. The van der Waals surface area contributed by atoms with Gasteiger partial charge in [0.05, 0.1) is 36.9 Å². The third-order valence-corrected chi connectivity index (χ3v) is 8.08. The molecule has 0 bridgehead atoms. The molecule has 1 aliphatic carbocycles. The van der Waals surface area contributed by atoms with Gasteiger partial charge in [-0.1, -0.05) is 6.07 Å². The number of likely N-dealkylation sites (tertiary alicyclic amines) is 1. The summed E-state index contributed by atoms with van der Waals surface area (Å²) >= 11 is 0. The van der Waals surface area contributed by atoms with Crippen LogP contribution in [0.5, 0.6) is 11.6 Å². The molecule has 1 atom stereocenters. The number of alkyl halides is 3. The van der Waals surface area contributed by atoms with Crippen molar-refractivity contribution in [3.8, 4) is 28.8 Å². The number of ether oxygens (including phenoxy) is 2. The van der Waals surface area contributed by atoms with Gasteiger partial charge >= 0.3 is 6.18 Å². The standard InChI is InChI=1S/C30H34F3N11O2/c1-19(2)45-27-25(15-44(39-27)24-9-29(10-24)16-42(17-29)7-6-30(31,32)33)38-28-35-12-23(13-36-28)21-4-5-22(11-34)26(8-21)46-20(3)14-43-18-37-40-41-43/h4-5,8,12-13,15,18-20,24H,6-7,9-10,14,16-17H2,1-3H3,(H,35,36,38)/t20-/m0/s1. The van der Waals surface area contributed by atoms with E-state index in [0.29, 0.717) is 48.5 Å². The Hall–Kier alpha value is -4.78. The van der Waals surface area contributed by atoms with Crippen molar-refractivity contribution >= 4 is 11.6 Å². The molecule has 2 fully saturated rings. The van der Waals surface area contributed by atoms with E-state index >= 15 is 0 Å². The van der Waals surface area contributed by atoms with E-state index in [2.05, 4.69) is 42.0 Å². The van der Waals surface area contributed by atoms with Gasteiger partial charge < -0.3 is 19.7 Å². The zero-order chi connectivity index (χ0) is 32.5. The van der Waals surface area contributed by atoms with E-state index in [1.807, 2.05) is 42.6 Å². The van der Waals surface area contributed by atoms with Crippen molar-refractivity contribution in [2.24, 2.45) is 5.41 Å². The van der Waals surface area contributed by atoms with Crippen LogP contribution in [0.15, 0.2) is 43.1 Å². The monoisotopic (exact) mass is 637 g/mol. The van der Waals surface area contributed by atoms with Crippen LogP contribution in [0.1, 0.15) is 51.6 Å². The summed E-state index contributed by atoms with van der Waals surface area (Å²) in [5.41, 5.74) is 2.59. The first kappa shape index (κ1) is 31.2. The molecule has 0 radical (unpaired) electrons. The number of hydrogen-bond acceptors (Lipinski definition) is 11. The molecular formula is C30H34F3N11O2. The molecule has 0 unspecified atom stereocenters. The Labute approximate surface area is 263 Å². The third-order valence-electron chi connectivity index (χ3n) is 8.08. The number of aromatic nitrogens is 8. The van der Waals surface area contributed by atoms with Crippen LogP contribution < -0.4 is 14.8 Å². The van der Waals surface area contributed by atoms with Crippen molar-refractivity contribution in [1.29, 1.82) is 5.26 Å². The number of halogens is 3. The average molecular weight is 638 g/mol. The minimum absolute atomic E-state index is 0.0548. The molecule has 242 valence electrons. The van der Waals surface area contributed by atoms with E-state index in [4.69, 9.17) is 9.47 Å². The first-order valence-corrected chi connectivity index (χ1v) is 15.0. The Bertz CT molecular complexity index is 1670. The molecule has 6 rings (SSSR count). The second-order valence-electron chi connectivity index (χ2n) is 12.3. The van der Waals surface area contributed by atoms with Crippen LogP contribution in [-0.2, 0) is 6.54 Å². The van der Waals surface area contributed by atoms with Gasteiger partial charge in [0.25, 0.3) is 5.88 Å². The lowest BCUT2D eigenvalue weighted by molar-refractivity contribution is -0.153. The predicted octanol–water partition coefficient (Wildman–Crippen LogP) is 4.79. The van der Waals surface area contributed by atoms with E-state index in [-0.39, 0.29) is 30.2 Å². The number of benzene rings is 1. The zero-order valence-corrected chi connectivity index (χ0v) is 25.6. The van der Waals surface area contributed by atoms with Gasteiger partial charge in [-0.2, -0.15) is 18.4 Å². The minimum Gasteiger partial charge on any atom is -0.487 e. The highest BCUT2D eigenvalue weighted by Gasteiger charge is 2.53. The highest BCUT2D eigenvalue weighted by atomic mass is 19.4. The molecule has 1 spiro atoms. The Morgan fingerprint density at radius 3 is 2.52 bits per heavy atom. The predicted molar refractivity (Wildman–Crippen MR) is 159 cm³/mol. The molecule has 16 heteroatoms. The number of hydrogen-bond donors (Lipinski definition) is 1. The molecule has 1 aliphatic heterocycles. The molecule has 4 aromatic rings. The molecule has 1 saturated carbocycles.